The van der Waals surface area contributed by atoms with Crippen LogP contribution in [0, 0.1) is 0 Å². The maximum atomic E-state index is 11.6. The van der Waals surface area contributed by atoms with E-state index in [4.69, 9.17) is 9.72 Å². The predicted octanol–water partition coefficient (Wildman–Crippen LogP) is 5.63. The molecule has 0 saturated carbocycles. The second-order valence-electron chi connectivity index (χ2n) is 8.08. The van der Waals surface area contributed by atoms with Gasteiger partial charge in [-0.15, -0.1) is 11.3 Å². The Hall–Kier alpha value is -3.95. The van der Waals surface area contributed by atoms with E-state index in [0.717, 1.165) is 40.3 Å². The van der Waals surface area contributed by atoms with Gasteiger partial charge in [-0.25, -0.2) is 4.98 Å². The molecule has 3 N–H and O–H groups in total. The van der Waals surface area contributed by atoms with Gasteiger partial charge in [0.1, 0.15) is 5.75 Å². The molecule has 0 bridgehead atoms. The first-order valence-electron chi connectivity index (χ1n) is 11.2. The van der Waals surface area contributed by atoms with Crippen LogP contribution in [-0.2, 0) is 4.79 Å². The molecule has 8 nitrogen and oxygen atoms in total. The zero-order chi connectivity index (χ0) is 24.6. The van der Waals surface area contributed by atoms with Crippen LogP contribution in [0.1, 0.15) is 6.42 Å². The van der Waals surface area contributed by atoms with Gasteiger partial charge in [-0.1, -0.05) is 12.6 Å². The van der Waals surface area contributed by atoms with E-state index in [0.29, 0.717) is 24.1 Å². The van der Waals surface area contributed by atoms with Crippen molar-refractivity contribution in [2.45, 2.75) is 6.42 Å². The number of benzene rings is 2. The topological polar surface area (TPSA) is 91.4 Å². The van der Waals surface area contributed by atoms with Crippen molar-refractivity contribution in [3.63, 3.8) is 0 Å². The molecule has 1 amide bonds. The maximum absolute atomic E-state index is 11.6. The lowest BCUT2D eigenvalue weighted by Crippen LogP contribution is -2.15. The third-order valence-corrected chi connectivity index (χ3v) is 5.92. The molecule has 4 aromatic rings. The molecule has 9 heteroatoms. The molecule has 0 atom stereocenters. The van der Waals surface area contributed by atoms with Crippen molar-refractivity contribution < 1.29 is 9.53 Å². The number of carbonyl (C=O) groups is 1. The average Bonchev–Trinajstić information content (AvgIpc) is 3.32. The van der Waals surface area contributed by atoms with Gasteiger partial charge < -0.3 is 25.6 Å². The normalized spacial score (nSPS) is 10.8. The third kappa shape index (κ3) is 6.78. The predicted molar refractivity (Wildman–Crippen MR) is 144 cm³/mol. The van der Waals surface area contributed by atoms with Gasteiger partial charge in [-0.05, 0) is 80.5 Å². The number of carbonyl (C=O) groups excluding carboxylic acids is 1. The van der Waals surface area contributed by atoms with Crippen molar-refractivity contribution in [2.75, 3.05) is 43.2 Å². The fourth-order valence-corrected chi connectivity index (χ4v) is 4.12. The number of hydrogen-bond acceptors (Lipinski definition) is 8. The highest BCUT2D eigenvalue weighted by molar-refractivity contribution is 7.17. The summed E-state index contributed by atoms with van der Waals surface area (Å²) in [5.41, 5.74) is 3.16. The summed E-state index contributed by atoms with van der Waals surface area (Å²) < 4.78 is 6.75. The highest BCUT2D eigenvalue weighted by atomic mass is 32.1. The summed E-state index contributed by atoms with van der Waals surface area (Å²) in [5, 5.41) is 11.4. The van der Waals surface area contributed by atoms with Gasteiger partial charge in [0.15, 0.2) is 5.82 Å². The molecule has 2 aromatic carbocycles. The Balaban J connectivity index is 1.47. The van der Waals surface area contributed by atoms with Crippen molar-refractivity contribution in [3.05, 3.63) is 72.6 Å². The molecule has 0 aliphatic heterocycles. The first kappa shape index (κ1) is 24.2. The number of aromatic nitrogens is 2. The molecule has 0 radical (unpaired) electrons. The molecular weight excluding hydrogens is 460 g/mol. The van der Waals surface area contributed by atoms with E-state index in [-0.39, 0.29) is 5.91 Å². The van der Waals surface area contributed by atoms with E-state index >= 15 is 0 Å². The minimum Gasteiger partial charge on any atom is -0.494 e. The van der Waals surface area contributed by atoms with Crippen LogP contribution in [0.2, 0.25) is 0 Å². The summed E-state index contributed by atoms with van der Waals surface area (Å²) in [6, 6.07) is 17.1. The second kappa shape index (κ2) is 11.5. The first-order chi connectivity index (χ1) is 17.0. The summed E-state index contributed by atoms with van der Waals surface area (Å²) in [6.07, 6.45) is 2.21. The first-order valence-corrected chi connectivity index (χ1v) is 12.1. The van der Waals surface area contributed by atoms with Crippen molar-refractivity contribution in [2.24, 2.45) is 0 Å². The lowest BCUT2D eigenvalue weighted by atomic mass is 10.2. The van der Waals surface area contributed by atoms with E-state index < -0.39 is 0 Å². The van der Waals surface area contributed by atoms with Gasteiger partial charge in [0.25, 0.3) is 0 Å². The maximum Gasteiger partial charge on any atom is 0.247 e. The zero-order valence-electron chi connectivity index (χ0n) is 19.7. The quantitative estimate of drug-likeness (QED) is 0.186. The number of thiophene rings is 1. The molecule has 4 rings (SSSR count). The van der Waals surface area contributed by atoms with Gasteiger partial charge in [-0.3, -0.25) is 4.79 Å². The number of amides is 1. The molecule has 0 unspecified atom stereocenters. The SMILES string of the molecule is C=CC(=O)Nc1cccc(Nc2nc(Nc3ccc(OCCCN(C)C)cc3)nc3ccsc23)c1. The lowest BCUT2D eigenvalue weighted by Gasteiger charge is -2.12. The zero-order valence-corrected chi connectivity index (χ0v) is 20.6. The van der Waals surface area contributed by atoms with Crippen LogP contribution in [0.3, 0.4) is 0 Å². The van der Waals surface area contributed by atoms with Gasteiger partial charge in [0.05, 0.1) is 16.8 Å². The van der Waals surface area contributed by atoms with Crippen molar-refractivity contribution in [1.29, 1.82) is 0 Å². The number of rotatable bonds is 11. The largest absolute Gasteiger partial charge is 0.494 e. The Bertz CT molecular complexity index is 1300. The Kier molecular flexibility index (Phi) is 7.92. The van der Waals surface area contributed by atoms with Gasteiger partial charge in [-0.2, -0.15) is 4.98 Å². The van der Waals surface area contributed by atoms with Crippen LogP contribution >= 0.6 is 11.3 Å². The van der Waals surface area contributed by atoms with Crippen LogP contribution in [0.15, 0.2) is 72.6 Å². The minimum atomic E-state index is -0.263. The number of nitrogens with zero attached hydrogens (tertiary/aromatic N) is 3. The molecule has 0 aliphatic rings. The van der Waals surface area contributed by atoms with Crippen molar-refractivity contribution in [1.82, 2.24) is 14.9 Å². The lowest BCUT2D eigenvalue weighted by molar-refractivity contribution is -0.111. The summed E-state index contributed by atoms with van der Waals surface area (Å²) >= 11 is 1.56. The van der Waals surface area contributed by atoms with Crippen LogP contribution in [0.5, 0.6) is 5.75 Å². The minimum absolute atomic E-state index is 0.263. The smallest absolute Gasteiger partial charge is 0.247 e. The highest BCUT2D eigenvalue weighted by Gasteiger charge is 2.11. The van der Waals surface area contributed by atoms with Crippen LogP contribution < -0.4 is 20.7 Å². The van der Waals surface area contributed by atoms with Crippen molar-refractivity contribution >= 4 is 56.3 Å². The Morgan fingerprint density at radius 2 is 1.86 bits per heavy atom. The second-order valence-corrected chi connectivity index (χ2v) is 9.00. The molecule has 0 saturated heterocycles. The highest BCUT2D eigenvalue weighted by Crippen LogP contribution is 2.31. The van der Waals surface area contributed by atoms with Gasteiger partial charge in [0.2, 0.25) is 11.9 Å². The molecule has 35 heavy (non-hydrogen) atoms. The summed E-state index contributed by atoms with van der Waals surface area (Å²) in [6.45, 7) is 5.16. The molecule has 180 valence electrons. The summed E-state index contributed by atoms with van der Waals surface area (Å²) in [5.74, 6) is 1.73. The number of anilines is 5. The van der Waals surface area contributed by atoms with E-state index in [1.54, 1.807) is 11.3 Å². The molecule has 2 aromatic heterocycles. The fraction of sp³-hybridized carbons (Fsp3) is 0.192. The Morgan fingerprint density at radius 1 is 1.06 bits per heavy atom. The average molecular weight is 489 g/mol. The summed E-state index contributed by atoms with van der Waals surface area (Å²) in [7, 11) is 4.11. The molecule has 0 aliphatic carbocycles. The van der Waals surface area contributed by atoms with Gasteiger partial charge in [0, 0.05) is 23.6 Å². The number of nitrogens with one attached hydrogen (secondary N) is 3. The monoisotopic (exact) mass is 488 g/mol. The summed E-state index contributed by atoms with van der Waals surface area (Å²) in [4.78, 5) is 23.1. The number of ether oxygens (including phenoxy) is 1. The fourth-order valence-electron chi connectivity index (χ4n) is 3.34. The van der Waals surface area contributed by atoms with E-state index in [9.17, 15) is 4.79 Å². The standard InChI is InChI=1S/C26H28N6O2S/c1-4-23(33)27-19-7-5-8-20(17-19)28-25-24-22(13-16-35-24)30-26(31-25)29-18-9-11-21(12-10-18)34-15-6-14-32(2)3/h4-5,7-13,16-17H,1,6,14-15H2,2-3H3,(H,27,33)(H2,28,29,30,31). The Morgan fingerprint density at radius 3 is 2.63 bits per heavy atom. The van der Waals surface area contributed by atoms with Crippen molar-refractivity contribution in [3.8, 4) is 5.75 Å². The van der Waals surface area contributed by atoms with Crippen LogP contribution in [-0.4, -0.2) is 48.0 Å². The van der Waals surface area contributed by atoms with Crippen LogP contribution in [0.25, 0.3) is 10.2 Å². The molecular formula is C26H28N6O2S. The van der Waals surface area contributed by atoms with E-state index in [1.165, 1.54) is 6.08 Å². The van der Waals surface area contributed by atoms with Gasteiger partial charge >= 0.3 is 0 Å². The number of hydrogen-bond donors (Lipinski definition) is 3. The molecule has 0 spiro atoms. The molecule has 2 heterocycles. The Labute approximate surface area is 208 Å². The van der Waals surface area contributed by atoms with E-state index in [2.05, 4.69) is 46.5 Å². The van der Waals surface area contributed by atoms with Crippen LogP contribution in [0.4, 0.5) is 28.8 Å². The molecule has 0 fully saturated rings. The van der Waals surface area contributed by atoms with E-state index in [1.807, 2.05) is 60.0 Å². The third-order valence-electron chi connectivity index (χ3n) is 5.01. The number of fused-ring (bicyclic) bond motifs is 1.